The normalized spacial score (nSPS) is 14.5. The number of ether oxygens (including phenoxy) is 1. The highest BCUT2D eigenvalue weighted by atomic mass is 16.6. The zero-order chi connectivity index (χ0) is 25.4. The van der Waals surface area contributed by atoms with Gasteiger partial charge in [0, 0.05) is 43.1 Å². The smallest absolute Gasteiger partial charge is 0.410 e. The third-order valence-corrected chi connectivity index (χ3v) is 6.08. The largest absolute Gasteiger partial charge is 0.444 e. The van der Waals surface area contributed by atoms with E-state index in [0.29, 0.717) is 13.1 Å². The number of aromatic nitrogens is 4. The number of amides is 1. The quantitative estimate of drug-likeness (QED) is 0.410. The number of carbonyl (C=O) groups excluding carboxylic acids is 1. The van der Waals surface area contributed by atoms with Crippen molar-refractivity contribution >= 4 is 39.7 Å². The minimum absolute atomic E-state index is 0.272. The van der Waals surface area contributed by atoms with Gasteiger partial charge in [0.25, 0.3) is 0 Å². The van der Waals surface area contributed by atoms with Gasteiger partial charge >= 0.3 is 6.09 Å². The fraction of sp³-hybridized carbons (Fsp3) is 0.370. The Morgan fingerprint density at radius 3 is 2.78 bits per heavy atom. The van der Waals surface area contributed by atoms with E-state index in [9.17, 15) is 4.79 Å². The lowest BCUT2D eigenvalue weighted by Crippen LogP contribution is -2.39. The molecule has 5 heterocycles. The number of rotatable bonds is 5. The highest BCUT2D eigenvalue weighted by Crippen LogP contribution is 2.31. The van der Waals surface area contributed by atoms with Crippen LogP contribution in [-0.4, -0.2) is 68.0 Å². The minimum atomic E-state index is -0.496. The summed E-state index contributed by atoms with van der Waals surface area (Å²) in [5.41, 5.74) is 6.52. The summed E-state index contributed by atoms with van der Waals surface area (Å²) in [5, 5.41) is 4.57. The molecule has 1 amide bonds. The average Bonchev–Trinajstić information content (AvgIpc) is 3.43. The van der Waals surface area contributed by atoms with Crippen molar-refractivity contribution in [3.05, 3.63) is 60.3 Å². The Morgan fingerprint density at radius 2 is 2.06 bits per heavy atom. The van der Waals surface area contributed by atoms with E-state index in [0.717, 1.165) is 52.4 Å². The van der Waals surface area contributed by atoms with Gasteiger partial charge < -0.3 is 29.2 Å². The summed E-state index contributed by atoms with van der Waals surface area (Å²) < 4.78 is 7.63. The molecule has 2 N–H and O–H groups in total. The summed E-state index contributed by atoms with van der Waals surface area (Å²) in [4.78, 5) is 28.8. The molecule has 0 radical (unpaired) electrons. The number of anilines is 2. The first kappa shape index (κ1) is 23.9. The molecule has 0 spiro atoms. The predicted molar refractivity (Wildman–Crippen MR) is 142 cm³/mol. The van der Waals surface area contributed by atoms with Gasteiger partial charge in [-0.3, -0.25) is 0 Å². The van der Waals surface area contributed by atoms with E-state index in [1.807, 2.05) is 45.2 Å². The number of H-pyrrole nitrogens is 1. The highest BCUT2D eigenvalue weighted by molar-refractivity contribution is 5.94. The lowest BCUT2D eigenvalue weighted by Gasteiger charge is -2.29. The van der Waals surface area contributed by atoms with Crippen LogP contribution in [0.5, 0.6) is 0 Å². The SMILES string of the molecule is CN(C)Cc1cnc2ccc(Nc3ccnc4[nH]c(C5=CCN(C(=O)OC(C)(C)C)CC5)cc34)cn12. The monoisotopic (exact) mass is 487 g/mol. The van der Waals surface area contributed by atoms with Gasteiger partial charge in [-0.15, -0.1) is 0 Å². The van der Waals surface area contributed by atoms with Gasteiger partial charge in [-0.25, -0.2) is 14.8 Å². The van der Waals surface area contributed by atoms with Crippen LogP contribution in [0.4, 0.5) is 16.2 Å². The molecule has 0 fully saturated rings. The maximum absolute atomic E-state index is 12.4. The van der Waals surface area contributed by atoms with Gasteiger partial charge in [-0.2, -0.15) is 0 Å². The van der Waals surface area contributed by atoms with Crippen LogP contribution >= 0.6 is 0 Å². The number of hydrogen-bond acceptors (Lipinski definition) is 6. The second-order valence-electron chi connectivity index (χ2n) is 10.5. The van der Waals surface area contributed by atoms with E-state index >= 15 is 0 Å². The van der Waals surface area contributed by atoms with Crippen LogP contribution in [0.15, 0.2) is 48.9 Å². The molecule has 4 aromatic heterocycles. The summed E-state index contributed by atoms with van der Waals surface area (Å²) in [6, 6.07) is 8.17. The van der Waals surface area contributed by atoms with Crippen molar-refractivity contribution in [1.29, 1.82) is 0 Å². The van der Waals surface area contributed by atoms with Crippen molar-refractivity contribution in [2.75, 3.05) is 32.5 Å². The lowest BCUT2D eigenvalue weighted by atomic mass is 10.0. The average molecular weight is 488 g/mol. The number of nitrogens with zero attached hydrogens (tertiary/aromatic N) is 5. The van der Waals surface area contributed by atoms with Gasteiger partial charge in [0.1, 0.15) is 16.9 Å². The molecule has 4 aromatic rings. The molecule has 0 atom stereocenters. The molecule has 0 aliphatic carbocycles. The Morgan fingerprint density at radius 1 is 1.22 bits per heavy atom. The maximum atomic E-state index is 12.4. The molecule has 9 heteroatoms. The number of nitrogens with one attached hydrogen (secondary N) is 2. The van der Waals surface area contributed by atoms with Crippen LogP contribution in [0, 0.1) is 0 Å². The van der Waals surface area contributed by atoms with Crippen LogP contribution in [0.2, 0.25) is 0 Å². The standard InChI is InChI=1S/C27H33N7O2/c1-27(2,3)36-26(35)33-12-9-18(10-13-33)23-14-21-22(8-11-28-25(21)31-23)30-19-6-7-24-29-15-20(17-32(4)5)34(24)16-19/h6-9,11,14-16H,10,12-13,17H2,1-5H3,(H2,28,30,31). The first-order valence-electron chi connectivity index (χ1n) is 12.2. The first-order chi connectivity index (χ1) is 17.2. The maximum Gasteiger partial charge on any atom is 0.410 e. The molecule has 1 aliphatic heterocycles. The van der Waals surface area contributed by atoms with E-state index in [-0.39, 0.29) is 6.09 Å². The zero-order valence-corrected chi connectivity index (χ0v) is 21.5. The van der Waals surface area contributed by atoms with Gasteiger partial charge in [0.05, 0.1) is 23.3 Å². The van der Waals surface area contributed by atoms with Crippen LogP contribution in [0.1, 0.15) is 38.6 Å². The Kier molecular flexibility index (Phi) is 6.17. The number of hydrogen-bond donors (Lipinski definition) is 2. The van der Waals surface area contributed by atoms with Crippen molar-refractivity contribution < 1.29 is 9.53 Å². The molecule has 0 saturated heterocycles. The summed E-state index contributed by atoms with van der Waals surface area (Å²) in [7, 11) is 4.10. The van der Waals surface area contributed by atoms with Crippen molar-refractivity contribution in [3.63, 3.8) is 0 Å². The third kappa shape index (κ3) is 5.06. The molecule has 36 heavy (non-hydrogen) atoms. The van der Waals surface area contributed by atoms with Crippen LogP contribution < -0.4 is 5.32 Å². The molecule has 188 valence electrons. The Labute approximate surface area is 210 Å². The zero-order valence-electron chi connectivity index (χ0n) is 21.5. The fourth-order valence-corrected chi connectivity index (χ4v) is 4.42. The van der Waals surface area contributed by atoms with E-state index in [2.05, 4.69) is 62.0 Å². The number of aromatic amines is 1. The van der Waals surface area contributed by atoms with Crippen molar-refractivity contribution in [2.24, 2.45) is 0 Å². The van der Waals surface area contributed by atoms with Gasteiger partial charge in [0.2, 0.25) is 0 Å². The lowest BCUT2D eigenvalue weighted by molar-refractivity contribution is 0.0270. The summed E-state index contributed by atoms with van der Waals surface area (Å²) in [6.45, 7) is 7.61. The predicted octanol–water partition coefficient (Wildman–Crippen LogP) is 5.04. The fourth-order valence-electron chi connectivity index (χ4n) is 4.42. The Hall–Kier alpha value is -3.85. The Balaban J connectivity index is 1.37. The summed E-state index contributed by atoms with van der Waals surface area (Å²) in [5.74, 6) is 0. The van der Waals surface area contributed by atoms with Gasteiger partial charge in [0.15, 0.2) is 0 Å². The minimum Gasteiger partial charge on any atom is -0.444 e. The second kappa shape index (κ2) is 9.31. The molecule has 0 saturated carbocycles. The molecular formula is C27H33N7O2. The number of carbonyl (C=O) groups is 1. The topological polar surface area (TPSA) is 90.8 Å². The molecule has 9 nitrogen and oxygen atoms in total. The van der Waals surface area contributed by atoms with Crippen LogP contribution in [-0.2, 0) is 11.3 Å². The number of fused-ring (bicyclic) bond motifs is 2. The molecule has 0 unspecified atom stereocenters. The van der Waals surface area contributed by atoms with E-state index in [4.69, 9.17) is 4.74 Å². The van der Waals surface area contributed by atoms with Gasteiger partial charge in [-0.1, -0.05) is 6.08 Å². The summed E-state index contributed by atoms with van der Waals surface area (Å²) >= 11 is 0. The summed E-state index contributed by atoms with van der Waals surface area (Å²) in [6.07, 6.45) is 8.37. The van der Waals surface area contributed by atoms with E-state index in [1.54, 1.807) is 11.1 Å². The number of pyridine rings is 2. The van der Waals surface area contributed by atoms with E-state index in [1.165, 1.54) is 5.57 Å². The molecule has 1 aliphatic rings. The van der Waals surface area contributed by atoms with Crippen molar-refractivity contribution in [2.45, 2.75) is 39.3 Å². The highest BCUT2D eigenvalue weighted by Gasteiger charge is 2.24. The molecule has 0 aromatic carbocycles. The molecule has 0 bridgehead atoms. The van der Waals surface area contributed by atoms with Crippen LogP contribution in [0.25, 0.3) is 22.3 Å². The second-order valence-corrected chi connectivity index (χ2v) is 10.5. The third-order valence-electron chi connectivity index (χ3n) is 6.08. The van der Waals surface area contributed by atoms with Crippen molar-refractivity contribution in [3.8, 4) is 0 Å². The Bertz CT molecular complexity index is 1440. The number of imidazole rings is 1. The first-order valence-corrected chi connectivity index (χ1v) is 12.2. The van der Waals surface area contributed by atoms with E-state index < -0.39 is 5.60 Å². The van der Waals surface area contributed by atoms with Crippen LogP contribution in [0.3, 0.4) is 0 Å². The molecule has 5 rings (SSSR count). The van der Waals surface area contributed by atoms with Crippen molar-refractivity contribution in [1.82, 2.24) is 29.2 Å². The van der Waals surface area contributed by atoms with Gasteiger partial charge in [-0.05, 0) is 71.1 Å². The molecular weight excluding hydrogens is 454 g/mol.